The molecule has 8 heavy (non-hydrogen) atoms. The van der Waals surface area contributed by atoms with E-state index in [0.29, 0.717) is 0 Å². The predicted molar refractivity (Wildman–Crippen MR) is 29.5 cm³/mol. The molecule has 1 N–H and O–H groups in total. The van der Waals surface area contributed by atoms with Crippen LogP contribution in [0.2, 0.25) is 0 Å². The molecule has 3 aliphatic carbocycles. The number of hydrogen-bond acceptors (Lipinski definition) is 1. The summed E-state index contributed by atoms with van der Waals surface area (Å²) in [7, 11) is 1.92. The molecule has 0 atom stereocenters. The van der Waals surface area contributed by atoms with E-state index in [9.17, 15) is 4.39 Å². The first kappa shape index (κ1) is 4.74. The maximum atomic E-state index is 12.7. The standard InChI is InChI=1S/C6H10FN/c1-8-6-2-5(7,3-6)4-6/h8H,2-4H2,1H3. The molecule has 0 radical (unpaired) electrons. The van der Waals surface area contributed by atoms with Gasteiger partial charge in [-0.25, -0.2) is 4.39 Å². The van der Waals surface area contributed by atoms with Crippen LogP contribution in [0.15, 0.2) is 0 Å². The van der Waals surface area contributed by atoms with Crippen LogP contribution in [-0.2, 0) is 0 Å². The average Bonchev–Trinajstić information content (AvgIpc) is 1.55. The minimum Gasteiger partial charge on any atom is -0.314 e. The third kappa shape index (κ3) is 0.323. The molecule has 3 aliphatic rings. The van der Waals surface area contributed by atoms with Crippen molar-refractivity contribution < 1.29 is 4.39 Å². The summed E-state index contributed by atoms with van der Waals surface area (Å²) in [4.78, 5) is 0. The average molecular weight is 115 g/mol. The Labute approximate surface area is 48.3 Å². The van der Waals surface area contributed by atoms with E-state index in [1.54, 1.807) is 0 Å². The van der Waals surface area contributed by atoms with Crippen molar-refractivity contribution in [2.24, 2.45) is 0 Å². The Kier molecular flexibility index (Phi) is 0.561. The van der Waals surface area contributed by atoms with Gasteiger partial charge in [-0.05, 0) is 26.3 Å². The fraction of sp³-hybridized carbons (Fsp3) is 1.00. The topological polar surface area (TPSA) is 12.0 Å². The smallest absolute Gasteiger partial charge is 0.116 e. The van der Waals surface area contributed by atoms with Crippen LogP contribution in [0.5, 0.6) is 0 Å². The Bertz CT molecular complexity index is 113. The van der Waals surface area contributed by atoms with Crippen LogP contribution in [0, 0.1) is 0 Å². The van der Waals surface area contributed by atoms with Crippen LogP contribution in [0.1, 0.15) is 19.3 Å². The molecule has 0 aromatic heterocycles. The summed E-state index contributed by atoms with van der Waals surface area (Å²) in [6, 6.07) is 0. The van der Waals surface area contributed by atoms with Gasteiger partial charge in [-0.2, -0.15) is 0 Å². The van der Waals surface area contributed by atoms with Gasteiger partial charge in [0.15, 0.2) is 0 Å². The highest BCUT2D eigenvalue weighted by molar-refractivity contribution is 5.24. The molecule has 0 amide bonds. The van der Waals surface area contributed by atoms with Crippen LogP contribution in [-0.4, -0.2) is 18.3 Å². The molecule has 0 spiro atoms. The lowest BCUT2D eigenvalue weighted by atomic mass is 9.47. The van der Waals surface area contributed by atoms with E-state index < -0.39 is 5.67 Å². The molecular weight excluding hydrogens is 105 g/mol. The summed E-state index contributed by atoms with van der Waals surface area (Å²) in [5.74, 6) is 0. The van der Waals surface area contributed by atoms with Crippen LogP contribution < -0.4 is 5.32 Å². The molecule has 0 aromatic carbocycles. The molecule has 0 unspecified atom stereocenters. The van der Waals surface area contributed by atoms with Crippen molar-refractivity contribution in [1.29, 1.82) is 0 Å². The molecule has 0 heterocycles. The number of alkyl halides is 1. The van der Waals surface area contributed by atoms with Gasteiger partial charge < -0.3 is 5.32 Å². The van der Waals surface area contributed by atoms with Crippen molar-refractivity contribution in [2.45, 2.75) is 30.5 Å². The maximum absolute atomic E-state index is 12.7. The molecule has 0 aromatic rings. The van der Waals surface area contributed by atoms with Crippen LogP contribution in [0.4, 0.5) is 4.39 Å². The first-order chi connectivity index (χ1) is 3.68. The van der Waals surface area contributed by atoms with Crippen LogP contribution >= 0.6 is 0 Å². The lowest BCUT2D eigenvalue weighted by molar-refractivity contribution is -0.165. The minimum absolute atomic E-state index is 0.245. The Morgan fingerprint density at radius 3 is 2.00 bits per heavy atom. The number of halogens is 1. The Hall–Kier alpha value is -0.110. The van der Waals surface area contributed by atoms with E-state index in [0.717, 1.165) is 19.3 Å². The normalized spacial score (nSPS) is 59.2. The van der Waals surface area contributed by atoms with Crippen molar-refractivity contribution in [3.05, 3.63) is 0 Å². The zero-order valence-corrected chi connectivity index (χ0v) is 5.00. The van der Waals surface area contributed by atoms with Gasteiger partial charge in [0.25, 0.3) is 0 Å². The number of rotatable bonds is 1. The zero-order valence-electron chi connectivity index (χ0n) is 5.00. The Morgan fingerprint density at radius 2 is 1.88 bits per heavy atom. The second-order valence-electron chi connectivity index (χ2n) is 3.21. The number of nitrogens with one attached hydrogen (secondary N) is 1. The van der Waals surface area contributed by atoms with Gasteiger partial charge in [0.05, 0.1) is 0 Å². The Balaban J connectivity index is 2.04. The molecule has 0 aliphatic heterocycles. The second-order valence-corrected chi connectivity index (χ2v) is 3.21. The lowest BCUT2D eigenvalue weighted by Gasteiger charge is -2.65. The van der Waals surface area contributed by atoms with Gasteiger partial charge in [0, 0.05) is 5.54 Å². The van der Waals surface area contributed by atoms with Crippen molar-refractivity contribution in [3.63, 3.8) is 0 Å². The van der Waals surface area contributed by atoms with Gasteiger partial charge in [-0.3, -0.25) is 0 Å². The summed E-state index contributed by atoms with van der Waals surface area (Å²) in [6.07, 6.45) is 2.28. The van der Waals surface area contributed by atoms with Gasteiger partial charge >= 0.3 is 0 Å². The third-order valence-corrected chi connectivity index (χ3v) is 2.50. The molecular formula is C6H10FN. The quantitative estimate of drug-likeness (QED) is 0.534. The monoisotopic (exact) mass is 115 g/mol. The van der Waals surface area contributed by atoms with Crippen molar-refractivity contribution in [2.75, 3.05) is 7.05 Å². The highest BCUT2D eigenvalue weighted by Gasteiger charge is 2.68. The van der Waals surface area contributed by atoms with E-state index in [4.69, 9.17) is 0 Å². The first-order valence-corrected chi connectivity index (χ1v) is 3.06. The van der Waals surface area contributed by atoms with Crippen molar-refractivity contribution in [3.8, 4) is 0 Å². The van der Waals surface area contributed by atoms with E-state index in [1.807, 2.05) is 7.05 Å². The van der Waals surface area contributed by atoms with Crippen LogP contribution in [0.3, 0.4) is 0 Å². The lowest BCUT2D eigenvalue weighted by Crippen LogP contribution is -2.75. The van der Waals surface area contributed by atoms with Crippen molar-refractivity contribution in [1.82, 2.24) is 5.32 Å². The molecule has 0 saturated heterocycles. The Morgan fingerprint density at radius 1 is 1.38 bits per heavy atom. The summed E-state index contributed by atoms with van der Waals surface area (Å²) in [5, 5.41) is 3.13. The molecule has 3 saturated carbocycles. The summed E-state index contributed by atoms with van der Waals surface area (Å²) >= 11 is 0. The first-order valence-electron chi connectivity index (χ1n) is 3.06. The van der Waals surface area contributed by atoms with E-state index in [1.165, 1.54) is 0 Å². The second kappa shape index (κ2) is 0.947. The predicted octanol–water partition coefficient (Wildman–Crippen LogP) is 0.850. The molecule has 2 heteroatoms. The van der Waals surface area contributed by atoms with E-state index in [2.05, 4.69) is 5.32 Å². The summed E-state index contributed by atoms with van der Waals surface area (Å²) < 4.78 is 12.7. The zero-order chi connectivity index (χ0) is 5.83. The summed E-state index contributed by atoms with van der Waals surface area (Å²) in [5.41, 5.74) is -0.488. The fourth-order valence-corrected chi connectivity index (χ4v) is 1.93. The highest BCUT2D eigenvalue weighted by Crippen LogP contribution is 2.62. The van der Waals surface area contributed by atoms with Gasteiger partial charge in [-0.15, -0.1) is 0 Å². The summed E-state index contributed by atoms with van der Waals surface area (Å²) in [6.45, 7) is 0. The largest absolute Gasteiger partial charge is 0.314 e. The van der Waals surface area contributed by atoms with E-state index >= 15 is 0 Å². The molecule has 3 fully saturated rings. The molecule has 2 bridgehead atoms. The SMILES string of the molecule is CNC12CC(F)(C1)C2. The molecule has 1 nitrogen and oxygen atoms in total. The third-order valence-electron chi connectivity index (χ3n) is 2.50. The van der Waals surface area contributed by atoms with Gasteiger partial charge in [0.2, 0.25) is 0 Å². The van der Waals surface area contributed by atoms with Gasteiger partial charge in [0.1, 0.15) is 5.67 Å². The number of hydrogen-bond donors (Lipinski definition) is 1. The van der Waals surface area contributed by atoms with Crippen LogP contribution in [0.25, 0.3) is 0 Å². The minimum atomic E-state index is -0.733. The fourth-order valence-electron chi connectivity index (χ4n) is 1.93. The molecule has 46 valence electrons. The van der Waals surface area contributed by atoms with E-state index in [-0.39, 0.29) is 5.54 Å². The maximum Gasteiger partial charge on any atom is 0.116 e. The van der Waals surface area contributed by atoms with Gasteiger partial charge in [-0.1, -0.05) is 0 Å². The molecule has 3 rings (SSSR count). The van der Waals surface area contributed by atoms with Crippen molar-refractivity contribution >= 4 is 0 Å². The highest BCUT2D eigenvalue weighted by atomic mass is 19.1.